The number of hydrogen-bond acceptors (Lipinski definition) is 4. The summed E-state index contributed by atoms with van der Waals surface area (Å²) in [6.07, 6.45) is 0. The van der Waals surface area contributed by atoms with E-state index in [4.69, 9.17) is 22.1 Å². The van der Waals surface area contributed by atoms with Gasteiger partial charge in [0, 0.05) is 49.9 Å². The van der Waals surface area contributed by atoms with Crippen molar-refractivity contribution in [2.45, 2.75) is 6.54 Å². The Morgan fingerprint density at radius 2 is 1.58 bits per heavy atom. The van der Waals surface area contributed by atoms with Crippen LogP contribution in [0.15, 0.2) is 48.5 Å². The molecular formula is C20H24ClN3O2. The van der Waals surface area contributed by atoms with Gasteiger partial charge in [-0.1, -0.05) is 23.7 Å². The second kappa shape index (κ2) is 9.03. The van der Waals surface area contributed by atoms with Gasteiger partial charge in [0.25, 0.3) is 0 Å². The molecular weight excluding hydrogens is 350 g/mol. The van der Waals surface area contributed by atoms with Crippen molar-refractivity contribution in [3.05, 3.63) is 64.7 Å². The molecule has 0 saturated carbocycles. The molecule has 2 aromatic rings. The van der Waals surface area contributed by atoms with Crippen LogP contribution < -0.4 is 10.5 Å². The lowest BCUT2D eigenvalue weighted by molar-refractivity contribution is 0.1000. The van der Waals surface area contributed by atoms with E-state index in [-0.39, 0.29) is 5.91 Å². The summed E-state index contributed by atoms with van der Waals surface area (Å²) in [6, 6.07) is 15.0. The number of carbonyl (C=O) groups excluding carboxylic acids is 1. The van der Waals surface area contributed by atoms with Gasteiger partial charge in [-0.3, -0.25) is 14.6 Å². The highest BCUT2D eigenvalue weighted by atomic mass is 35.5. The lowest BCUT2D eigenvalue weighted by Gasteiger charge is -2.34. The van der Waals surface area contributed by atoms with Crippen LogP contribution in [0.25, 0.3) is 0 Å². The SMILES string of the molecule is NC(=O)c1ccc(CN2CCN(CCOc3ccc(Cl)cc3)CC2)cc1. The fraction of sp³-hybridized carbons (Fsp3) is 0.350. The van der Waals surface area contributed by atoms with E-state index in [0.29, 0.717) is 12.2 Å². The number of amides is 1. The highest BCUT2D eigenvalue weighted by molar-refractivity contribution is 6.30. The lowest BCUT2D eigenvalue weighted by Crippen LogP contribution is -2.47. The second-order valence-corrected chi connectivity index (χ2v) is 6.92. The van der Waals surface area contributed by atoms with Gasteiger partial charge in [-0.05, 0) is 42.0 Å². The van der Waals surface area contributed by atoms with Crippen LogP contribution in [0.3, 0.4) is 0 Å². The number of ether oxygens (including phenoxy) is 1. The minimum atomic E-state index is -0.383. The van der Waals surface area contributed by atoms with E-state index in [2.05, 4.69) is 9.80 Å². The zero-order valence-electron chi connectivity index (χ0n) is 14.7. The molecule has 2 N–H and O–H groups in total. The smallest absolute Gasteiger partial charge is 0.248 e. The molecule has 5 nitrogen and oxygen atoms in total. The Bertz CT molecular complexity index is 711. The average molecular weight is 374 g/mol. The predicted molar refractivity (Wildman–Crippen MR) is 104 cm³/mol. The summed E-state index contributed by atoms with van der Waals surface area (Å²) in [7, 11) is 0. The normalized spacial score (nSPS) is 15.7. The van der Waals surface area contributed by atoms with Gasteiger partial charge in [0.1, 0.15) is 12.4 Å². The Kier molecular flexibility index (Phi) is 6.50. The van der Waals surface area contributed by atoms with Crippen LogP contribution >= 0.6 is 11.6 Å². The molecule has 0 atom stereocenters. The standard InChI is InChI=1S/C20H24ClN3O2/c21-18-5-7-19(8-6-18)26-14-13-23-9-11-24(12-10-23)15-16-1-3-17(4-2-16)20(22)25/h1-8H,9-15H2,(H2,22,25). The van der Waals surface area contributed by atoms with Crippen LogP contribution in [0, 0.1) is 0 Å². The Balaban J connectivity index is 1.37. The number of halogens is 1. The molecule has 138 valence electrons. The van der Waals surface area contributed by atoms with Crippen molar-refractivity contribution in [2.24, 2.45) is 5.73 Å². The third-order valence-corrected chi connectivity index (χ3v) is 4.85. The first kappa shape index (κ1) is 18.7. The van der Waals surface area contributed by atoms with Gasteiger partial charge < -0.3 is 10.5 Å². The van der Waals surface area contributed by atoms with Crippen LogP contribution in [0.5, 0.6) is 5.75 Å². The van der Waals surface area contributed by atoms with Crippen molar-refractivity contribution in [2.75, 3.05) is 39.3 Å². The number of primary amides is 1. The summed E-state index contributed by atoms with van der Waals surface area (Å²) in [6.45, 7) is 6.61. The van der Waals surface area contributed by atoms with Crippen molar-refractivity contribution in [1.82, 2.24) is 9.80 Å². The number of carbonyl (C=O) groups is 1. The summed E-state index contributed by atoms with van der Waals surface area (Å²) < 4.78 is 5.77. The van der Waals surface area contributed by atoms with Crippen molar-refractivity contribution in [3.8, 4) is 5.75 Å². The molecule has 1 aliphatic rings. The van der Waals surface area contributed by atoms with Gasteiger partial charge in [-0.25, -0.2) is 0 Å². The molecule has 1 heterocycles. The van der Waals surface area contributed by atoms with Crippen LogP contribution in [0.1, 0.15) is 15.9 Å². The molecule has 0 spiro atoms. The highest BCUT2D eigenvalue weighted by Gasteiger charge is 2.16. The van der Waals surface area contributed by atoms with Gasteiger partial charge >= 0.3 is 0 Å². The number of nitrogens with zero attached hydrogens (tertiary/aromatic N) is 2. The lowest BCUT2D eigenvalue weighted by atomic mass is 10.1. The number of hydrogen-bond donors (Lipinski definition) is 1. The monoisotopic (exact) mass is 373 g/mol. The molecule has 1 fully saturated rings. The largest absolute Gasteiger partial charge is 0.492 e. The van der Waals surface area contributed by atoms with E-state index in [1.165, 1.54) is 5.56 Å². The van der Waals surface area contributed by atoms with E-state index in [0.717, 1.165) is 50.0 Å². The molecule has 6 heteroatoms. The fourth-order valence-corrected chi connectivity index (χ4v) is 3.15. The molecule has 1 aliphatic heterocycles. The molecule has 0 aliphatic carbocycles. The van der Waals surface area contributed by atoms with Gasteiger partial charge in [0.15, 0.2) is 0 Å². The van der Waals surface area contributed by atoms with Gasteiger partial charge in [-0.15, -0.1) is 0 Å². The van der Waals surface area contributed by atoms with E-state index in [1.54, 1.807) is 12.1 Å². The first-order valence-electron chi connectivity index (χ1n) is 8.82. The topological polar surface area (TPSA) is 58.8 Å². The Morgan fingerprint density at radius 3 is 2.19 bits per heavy atom. The van der Waals surface area contributed by atoms with Crippen LogP contribution in [-0.2, 0) is 6.54 Å². The molecule has 1 saturated heterocycles. The maximum absolute atomic E-state index is 11.1. The Labute approximate surface area is 159 Å². The predicted octanol–water partition coefficient (Wildman–Crippen LogP) is 2.64. The van der Waals surface area contributed by atoms with Crippen LogP contribution in [0.2, 0.25) is 5.02 Å². The van der Waals surface area contributed by atoms with E-state index >= 15 is 0 Å². The molecule has 1 amide bonds. The molecule has 0 aromatic heterocycles. The van der Waals surface area contributed by atoms with Crippen LogP contribution in [-0.4, -0.2) is 55.0 Å². The van der Waals surface area contributed by atoms with Gasteiger partial charge in [0.05, 0.1) is 0 Å². The first-order chi connectivity index (χ1) is 12.6. The number of nitrogens with two attached hydrogens (primary N) is 1. The number of piperazine rings is 1. The molecule has 0 radical (unpaired) electrons. The van der Waals surface area contributed by atoms with Crippen molar-refractivity contribution in [1.29, 1.82) is 0 Å². The van der Waals surface area contributed by atoms with E-state index in [1.807, 2.05) is 36.4 Å². The van der Waals surface area contributed by atoms with Gasteiger partial charge in [0.2, 0.25) is 5.91 Å². The maximum Gasteiger partial charge on any atom is 0.248 e. The summed E-state index contributed by atoms with van der Waals surface area (Å²) >= 11 is 5.87. The second-order valence-electron chi connectivity index (χ2n) is 6.48. The minimum absolute atomic E-state index is 0.383. The van der Waals surface area contributed by atoms with Crippen molar-refractivity contribution < 1.29 is 9.53 Å². The number of benzene rings is 2. The minimum Gasteiger partial charge on any atom is -0.492 e. The third-order valence-electron chi connectivity index (χ3n) is 4.60. The quantitative estimate of drug-likeness (QED) is 0.810. The number of rotatable bonds is 7. The Hall–Kier alpha value is -2.08. The van der Waals surface area contributed by atoms with E-state index < -0.39 is 0 Å². The summed E-state index contributed by atoms with van der Waals surface area (Å²) in [5.41, 5.74) is 7.03. The van der Waals surface area contributed by atoms with Crippen molar-refractivity contribution >= 4 is 17.5 Å². The molecule has 2 aromatic carbocycles. The zero-order valence-corrected chi connectivity index (χ0v) is 15.5. The first-order valence-corrected chi connectivity index (χ1v) is 9.20. The summed E-state index contributed by atoms with van der Waals surface area (Å²) in [4.78, 5) is 16.0. The zero-order chi connectivity index (χ0) is 18.4. The fourth-order valence-electron chi connectivity index (χ4n) is 3.03. The molecule has 3 rings (SSSR count). The average Bonchev–Trinajstić information content (AvgIpc) is 2.65. The highest BCUT2D eigenvalue weighted by Crippen LogP contribution is 2.15. The maximum atomic E-state index is 11.1. The van der Waals surface area contributed by atoms with E-state index in [9.17, 15) is 4.79 Å². The summed E-state index contributed by atoms with van der Waals surface area (Å²) in [5, 5.41) is 0.720. The Morgan fingerprint density at radius 1 is 0.962 bits per heavy atom. The molecule has 26 heavy (non-hydrogen) atoms. The van der Waals surface area contributed by atoms with Gasteiger partial charge in [-0.2, -0.15) is 0 Å². The molecule has 0 unspecified atom stereocenters. The van der Waals surface area contributed by atoms with Crippen molar-refractivity contribution in [3.63, 3.8) is 0 Å². The summed E-state index contributed by atoms with van der Waals surface area (Å²) in [5.74, 6) is 0.471. The molecule has 0 bridgehead atoms. The van der Waals surface area contributed by atoms with Crippen LogP contribution in [0.4, 0.5) is 0 Å². The third kappa shape index (κ3) is 5.46.